The summed E-state index contributed by atoms with van der Waals surface area (Å²) in [6.07, 6.45) is 4.19. The molecule has 0 N–H and O–H groups in total. The average Bonchev–Trinajstić information content (AvgIpc) is 2.89. The molecular formula is C31H38F3N3O2S. The number of hydrogen-bond donors (Lipinski definition) is 0. The minimum Gasteiger partial charge on any atom is -0.363 e. The predicted molar refractivity (Wildman–Crippen MR) is 152 cm³/mol. The molecule has 0 radical (unpaired) electrons. The summed E-state index contributed by atoms with van der Waals surface area (Å²) in [5, 5.41) is 0. The number of benzene rings is 2. The Bertz CT molecular complexity index is 1200. The summed E-state index contributed by atoms with van der Waals surface area (Å²) in [6.45, 7) is 10.4. The summed E-state index contributed by atoms with van der Waals surface area (Å²) in [5.74, 6) is 0.444. The molecule has 2 heterocycles. The fourth-order valence-electron chi connectivity index (χ4n) is 5.56. The standard InChI is InChI=1S/C31H38F3N3O2S/c1-22(38)35-16-14-23(15-17-35)20-28(39)37-19-18-36(21-27(37)30(2,3)4)29(24-8-6-5-7-9-24)25-10-12-26(13-11-25)40-31(32,33)34/h5-13,21,23,29H,14-20H2,1-4H3. The Kier molecular flexibility index (Phi) is 9.22. The van der Waals surface area contributed by atoms with E-state index in [9.17, 15) is 22.8 Å². The summed E-state index contributed by atoms with van der Waals surface area (Å²) < 4.78 is 38.7. The molecule has 5 nitrogen and oxygen atoms in total. The Morgan fingerprint density at radius 3 is 2.05 bits per heavy atom. The van der Waals surface area contributed by atoms with Crippen LogP contribution in [0.1, 0.15) is 64.1 Å². The minimum atomic E-state index is -4.34. The van der Waals surface area contributed by atoms with Crippen molar-refractivity contribution in [3.05, 3.63) is 77.6 Å². The summed E-state index contributed by atoms with van der Waals surface area (Å²) in [5.41, 5.74) is -1.80. The molecule has 2 amide bonds. The fraction of sp³-hybridized carbons (Fsp3) is 0.484. The van der Waals surface area contributed by atoms with Crippen LogP contribution < -0.4 is 0 Å². The van der Waals surface area contributed by atoms with Gasteiger partial charge in [0, 0.05) is 61.7 Å². The Morgan fingerprint density at radius 1 is 0.900 bits per heavy atom. The van der Waals surface area contributed by atoms with Gasteiger partial charge in [0.05, 0.1) is 6.04 Å². The number of likely N-dealkylation sites (tertiary alicyclic amines) is 1. The van der Waals surface area contributed by atoms with Crippen LogP contribution in [-0.2, 0) is 9.59 Å². The number of rotatable bonds is 6. The molecule has 1 atom stereocenters. The maximum Gasteiger partial charge on any atom is 0.446 e. The molecule has 1 fully saturated rings. The lowest BCUT2D eigenvalue weighted by atomic mass is 9.88. The lowest BCUT2D eigenvalue weighted by molar-refractivity contribution is -0.133. The minimum absolute atomic E-state index is 0.0839. The van der Waals surface area contributed by atoms with Gasteiger partial charge in [-0.2, -0.15) is 13.2 Å². The molecule has 1 saturated heterocycles. The van der Waals surface area contributed by atoms with Gasteiger partial charge in [-0.05, 0) is 53.8 Å². The van der Waals surface area contributed by atoms with Crippen LogP contribution in [0.4, 0.5) is 13.2 Å². The second kappa shape index (κ2) is 12.3. The van der Waals surface area contributed by atoms with E-state index in [1.807, 2.05) is 40.1 Å². The van der Waals surface area contributed by atoms with E-state index in [1.54, 1.807) is 19.1 Å². The molecular weight excluding hydrogens is 535 g/mol. The highest BCUT2D eigenvalue weighted by Crippen LogP contribution is 2.40. The molecule has 2 aromatic carbocycles. The number of carbonyl (C=O) groups excluding carboxylic acids is 2. The van der Waals surface area contributed by atoms with E-state index in [0.29, 0.717) is 32.6 Å². The lowest BCUT2D eigenvalue weighted by Crippen LogP contribution is -2.47. The van der Waals surface area contributed by atoms with Crippen molar-refractivity contribution in [1.82, 2.24) is 14.7 Å². The number of halogens is 3. The Hall–Kier alpha value is -2.94. The van der Waals surface area contributed by atoms with Gasteiger partial charge in [-0.25, -0.2) is 0 Å². The first-order chi connectivity index (χ1) is 18.8. The SMILES string of the molecule is CC(=O)N1CCC(CC(=O)N2CCN(C(c3ccccc3)c3ccc(SC(F)(F)F)cc3)C=C2C(C)(C)C)CC1. The van der Waals surface area contributed by atoms with E-state index in [4.69, 9.17) is 0 Å². The summed E-state index contributed by atoms with van der Waals surface area (Å²) in [4.78, 5) is 31.4. The van der Waals surface area contributed by atoms with E-state index in [2.05, 4.69) is 31.9 Å². The van der Waals surface area contributed by atoms with Gasteiger partial charge in [-0.3, -0.25) is 9.59 Å². The maximum absolute atomic E-state index is 13.6. The summed E-state index contributed by atoms with van der Waals surface area (Å²) >= 11 is -0.114. The van der Waals surface area contributed by atoms with Gasteiger partial charge in [-0.15, -0.1) is 0 Å². The normalized spacial score (nSPS) is 18.0. The number of piperidine rings is 1. The Morgan fingerprint density at radius 2 is 1.50 bits per heavy atom. The number of thioether (sulfide) groups is 1. The largest absolute Gasteiger partial charge is 0.446 e. The van der Waals surface area contributed by atoms with Crippen molar-refractivity contribution < 1.29 is 22.8 Å². The van der Waals surface area contributed by atoms with E-state index in [0.717, 1.165) is 29.7 Å². The van der Waals surface area contributed by atoms with Crippen LogP contribution in [0.15, 0.2) is 71.4 Å². The number of allylic oxidation sites excluding steroid dienone is 1. The lowest BCUT2D eigenvalue weighted by Gasteiger charge is -2.44. The van der Waals surface area contributed by atoms with Crippen molar-refractivity contribution in [2.24, 2.45) is 11.3 Å². The Labute approximate surface area is 239 Å². The van der Waals surface area contributed by atoms with E-state index >= 15 is 0 Å². The van der Waals surface area contributed by atoms with Gasteiger partial charge in [0.2, 0.25) is 11.8 Å². The number of alkyl halides is 3. The second-order valence-electron chi connectivity index (χ2n) is 11.6. The highest BCUT2D eigenvalue weighted by Gasteiger charge is 2.35. The molecule has 4 rings (SSSR count). The van der Waals surface area contributed by atoms with Crippen molar-refractivity contribution in [3.8, 4) is 0 Å². The topological polar surface area (TPSA) is 43.9 Å². The molecule has 0 spiro atoms. The fourth-order valence-corrected chi connectivity index (χ4v) is 6.10. The zero-order chi connectivity index (χ0) is 29.1. The third-order valence-electron chi connectivity index (χ3n) is 7.63. The van der Waals surface area contributed by atoms with Crippen LogP contribution in [0, 0.1) is 11.3 Å². The molecule has 0 aliphatic carbocycles. The summed E-state index contributed by atoms with van der Waals surface area (Å²) in [7, 11) is 0. The number of nitrogens with zero attached hydrogens (tertiary/aromatic N) is 3. The van der Waals surface area contributed by atoms with E-state index in [1.165, 1.54) is 12.1 Å². The van der Waals surface area contributed by atoms with Gasteiger partial charge in [0.15, 0.2) is 0 Å². The van der Waals surface area contributed by atoms with Crippen LogP contribution >= 0.6 is 11.8 Å². The van der Waals surface area contributed by atoms with Crippen molar-refractivity contribution >= 4 is 23.6 Å². The highest BCUT2D eigenvalue weighted by atomic mass is 32.2. The van der Waals surface area contributed by atoms with Gasteiger partial charge >= 0.3 is 5.51 Å². The van der Waals surface area contributed by atoms with E-state index in [-0.39, 0.29) is 45.8 Å². The van der Waals surface area contributed by atoms with Gasteiger partial charge in [-0.1, -0.05) is 63.2 Å². The molecule has 2 aliphatic rings. The zero-order valence-electron chi connectivity index (χ0n) is 23.6. The van der Waals surface area contributed by atoms with Crippen molar-refractivity contribution in [2.75, 3.05) is 26.2 Å². The third kappa shape index (κ3) is 7.62. The Balaban J connectivity index is 1.59. The maximum atomic E-state index is 13.6. The molecule has 2 aromatic rings. The third-order valence-corrected chi connectivity index (χ3v) is 8.37. The first-order valence-corrected chi connectivity index (χ1v) is 14.6. The zero-order valence-corrected chi connectivity index (χ0v) is 24.4. The van der Waals surface area contributed by atoms with Crippen LogP contribution in [0.2, 0.25) is 0 Å². The average molecular weight is 574 g/mol. The van der Waals surface area contributed by atoms with Crippen molar-refractivity contribution in [3.63, 3.8) is 0 Å². The van der Waals surface area contributed by atoms with Crippen LogP contribution in [0.25, 0.3) is 0 Å². The van der Waals surface area contributed by atoms with Crippen LogP contribution in [0.5, 0.6) is 0 Å². The van der Waals surface area contributed by atoms with Gasteiger partial charge < -0.3 is 14.7 Å². The first kappa shape index (κ1) is 30.0. The van der Waals surface area contributed by atoms with Crippen LogP contribution in [-0.4, -0.2) is 58.2 Å². The quantitative estimate of drug-likeness (QED) is 0.347. The molecule has 0 aromatic heterocycles. The smallest absolute Gasteiger partial charge is 0.363 e. The molecule has 216 valence electrons. The molecule has 0 saturated carbocycles. The second-order valence-corrected chi connectivity index (χ2v) is 12.8. The molecule has 0 bridgehead atoms. The van der Waals surface area contributed by atoms with Crippen molar-refractivity contribution in [2.45, 2.75) is 63.4 Å². The van der Waals surface area contributed by atoms with Gasteiger partial charge in [0.25, 0.3) is 0 Å². The van der Waals surface area contributed by atoms with Crippen LogP contribution in [0.3, 0.4) is 0 Å². The molecule has 1 unspecified atom stereocenters. The monoisotopic (exact) mass is 573 g/mol. The molecule has 40 heavy (non-hydrogen) atoms. The number of amides is 2. The van der Waals surface area contributed by atoms with E-state index < -0.39 is 5.51 Å². The summed E-state index contributed by atoms with van der Waals surface area (Å²) in [6, 6.07) is 16.3. The first-order valence-electron chi connectivity index (χ1n) is 13.8. The highest BCUT2D eigenvalue weighted by molar-refractivity contribution is 8.00. The van der Waals surface area contributed by atoms with Crippen molar-refractivity contribution in [1.29, 1.82) is 0 Å². The molecule has 9 heteroatoms. The predicted octanol–water partition coefficient (Wildman–Crippen LogP) is 7.07. The molecule has 2 aliphatic heterocycles. The number of carbonyl (C=O) groups is 2. The van der Waals surface area contributed by atoms with Gasteiger partial charge in [0.1, 0.15) is 0 Å². The number of hydrogen-bond acceptors (Lipinski definition) is 4.